The summed E-state index contributed by atoms with van der Waals surface area (Å²) in [6.45, 7) is 1.86. The molecule has 0 aliphatic heterocycles. The lowest BCUT2D eigenvalue weighted by molar-refractivity contribution is 0.103. The predicted molar refractivity (Wildman–Crippen MR) is 103 cm³/mol. The Morgan fingerprint density at radius 2 is 2.04 bits per heavy atom. The molecule has 0 bridgehead atoms. The van der Waals surface area contributed by atoms with Gasteiger partial charge in [0.2, 0.25) is 0 Å². The van der Waals surface area contributed by atoms with E-state index in [2.05, 4.69) is 5.32 Å². The first kappa shape index (κ1) is 17.6. The molecule has 1 heterocycles. The molecule has 0 unspecified atom stereocenters. The second-order valence-electron chi connectivity index (χ2n) is 5.29. The van der Waals surface area contributed by atoms with Gasteiger partial charge in [0.1, 0.15) is 16.5 Å². The Bertz CT molecular complexity index is 1030. The number of thiazole rings is 1. The van der Waals surface area contributed by atoms with E-state index in [4.69, 9.17) is 29.6 Å². The summed E-state index contributed by atoms with van der Waals surface area (Å²) >= 11 is 12.5. The van der Waals surface area contributed by atoms with E-state index >= 15 is 0 Å². The molecule has 2 aromatic carbocycles. The van der Waals surface area contributed by atoms with Crippen molar-refractivity contribution < 1.29 is 9.18 Å². The number of nitrogens with two attached hydrogens (primary N) is 1. The largest absolute Gasteiger partial charge is 0.383 e. The minimum absolute atomic E-state index is 0.0834. The van der Waals surface area contributed by atoms with Crippen LogP contribution >= 0.6 is 35.2 Å². The first-order valence-corrected chi connectivity index (χ1v) is 8.82. The normalized spacial score (nSPS) is 10.7. The summed E-state index contributed by atoms with van der Waals surface area (Å²) in [5, 5.41) is 3.14. The zero-order valence-electron chi connectivity index (χ0n) is 13.0. The lowest BCUT2D eigenvalue weighted by atomic mass is 10.2. The van der Waals surface area contributed by atoms with E-state index in [0.717, 1.165) is 16.9 Å². The molecule has 0 atom stereocenters. The van der Waals surface area contributed by atoms with Crippen molar-refractivity contribution in [3.63, 3.8) is 0 Å². The molecule has 8 heteroatoms. The van der Waals surface area contributed by atoms with Gasteiger partial charge < -0.3 is 11.1 Å². The number of hydrogen-bond donors (Lipinski definition) is 2. The highest BCUT2D eigenvalue weighted by atomic mass is 35.5. The van der Waals surface area contributed by atoms with E-state index < -0.39 is 11.7 Å². The molecule has 3 rings (SSSR count). The zero-order valence-corrected chi connectivity index (χ0v) is 15.4. The van der Waals surface area contributed by atoms with Gasteiger partial charge in [0.05, 0.1) is 5.69 Å². The number of aryl methyl sites for hydroxylation is 1. The number of nitrogens with one attached hydrogen (secondary N) is 1. The van der Waals surface area contributed by atoms with E-state index in [-0.39, 0.29) is 16.4 Å². The number of para-hydroxylation sites is 1. The molecule has 3 aromatic rings. The van der Waals surface area contributed by atoms with Gasteiger partial charge >= 0.3 is 0 Å². The molecule has 0 aliphatic carbocycles. The number of nitrogen functional groups attached to an aromatic ring is 1. The maximum absolute atomic E-state index is 13.7. The summed E-state index contributed by atoms with van der Waals surface area (Å²) in [6.07, 6.45) is 0. The quantitative estimate of drug-likeness (QED) is 0.601. The standard InChI is InChI=1S/C17H13ClFN3OS2/c1-9-8-10(6-7-11(9)18)22-15(20)14(25-17(22)24)16(23)21-13-5-3-2-4-12(13)19/h2-8H,20H2,1H3,(H,21,23). The molecule has 0 saturated heterocycles. The molecule has 4 nitrogen and oxygen atoms in total. The fourth-order valence-electron chi connectivity index (χ4n) is 2.30. The van der Waals surface area contributed by atoms with Crippen LogP contribution in [-0.4, -0.2) is 10.5 Å². The molecule has 1 aromatic heterocycles. The number of carbonyl (C=O) groups is 1. The Balaban J connectivity index is 1.99. The number of anilines is 2. The minimum atomic E-state index is -0.522. The topological polar surface area (TPSA) is 60.0 Å². The van der Waals surface area contributed by atoms with Gasteiger partial charge in [0, 0.05) is 10.7 Å². The third kappa shape index (κ3) is 3.44. The highest BCUT2D eigenvalue weighted by molar-refractivity contribution is 7.73. The van der Waals surface area contributed by atoms with E-state index in [1.165, 1.54) is 12.1 Å². The molecule has 0 saturated carbocycles. The average Bonchev–Trinajstić information content (AvgIpc) is 2.87. The summed E-state index contributed by atoms with van der Waals surface area (Å²) < 4.78 is 15.7. The number of halogens is 2. The first-order chi connectivity index (χ1) is 11.9. The molecule has 25 heavy (non-hydrogen) atoms. The highest BCUT2D eigenvalue weighted by Crippen LogP contribution is 2.29. The summed E-state index contributed by atoms with van der Waals surface area (Å²) in [5.74, 6) is -0.834. The van der Waals surface area contributed by atoms with Gasteiger partial charge in [-0.15, -0.1) is 0 Å². The van der Waals surface area contributed by atoms with Gasteiger partial charge in [-0.05, 0) is 55.0 Å². The number of rotatable bonds is 3. The van der Waals surface area contributed by atoms with Crippen LogP contribution in [0, 0.1) is 16.7 Å². The maximum Gasteiger partial charge on any atom is 0.269 e. The van der Waals surface area contributed by atoms with Crippen LogP contribution in [0.1, 0.15) is 15.2 Å². The van der Waals surface area contributed by atoms with Gasteiger partial charge in [-0.25, -0.2) is 4.39 Å². The number of benzene rings is 2. The second kappa shape index (κ2) is 6.95. The van der Waals surface area contributed by atoms with E-state index in [1.54, 1.807) is 28.8 Å². The maximum atomic E-state index is 13.7. The van der Waals surface area contributed by atoms with Crippen molar-refractivity contribution >= 4 is 52.6 Å². The summed E-state index contributed by atoms with van der Waals surface area (Å²) in [6, 6.07) is 11.3. The predicted octanol–water partition coefficient (Wildman–Crippen LogP) is 5.20. The van der Waals surface area contributed by atoms with Crippen LogP contribution in [0.4, 0.5) is 15.9 Å². The van der Waals surface area contributed by atoms with Crippen molar-refractivity contribution in [3.05, 3.63) is 67.7 Å². The number of hydrogen-bond acceptors (Lipinski definition) is 4. The zero-order chi connectivity index (χ0) is 18.1. The van der Waals surface area contributed by atoms with Gasteiger partial charge in [-0.1, -0.05) is 35.1 Å². The molecule has 0 aliphatic rings. The molecule has 128 valence electrons. The van der Waals surface area contributed by atoms with E-state index in [1.807, 2.05) is 13.0 Å². The summed E-state index contributed by atoms with van der Waals surface area (Å²) in [5.41, 5.74) is 7.80. The van der Waals surface area contributed by atoms with Crippen LogP contribution < -0.4 is 11.1 Å². The van der Waals surface area contributed by atoms with Crippen molar-refractivity contribution in [3.8, 4) is 5.69 Å². The molecule has 0 fully saturated rings. The molecule has 0 spiro atoms. The number of aromatic nitrogens is 1. The number of nitrogens with zero attached hydrogens (tertiary/aromatic N) is 1. The molecule has 3 N–H and O–H groups in total. The Hall–Kier alpha value is -2.22. The SMILES string of the molecule is Cc1cc(-n2c(N)c(C(=O)Nc3ccccc3F)sc2=S)ccc1Cl. The summed E-state index contributed by atoms with van der Waals surface area (Å²) in [7, 11) is 0. The van der Waals surface area contributed by atoms with Crippen molar-refractivity contribution in [2.75, 3.05) is 11.1 Å². The van der Waals surface area contributed by atoms with Gasteiger partial charge in [-0.3, -0.25) is 9.36 Å². The molecular formula is C17H13ClFN3OS2. The Labute approximate surface area is 157 Å². The average molecular weight is 394 g/mol. The Kier molecular flexibility index (Phi) is 4.89. The Morgan fingerprint density at radius 3 is 2.72 bits per heavy atom. The van der Waals surface area contributed by atoms with E-state index in [9.17, 15) is 9.18 Å². The monoisotopic (exact) mass is 393 g/mol. The minimum Gasteiger partial charge on any atom is -0.383 e. The highest BCUT2D eigenvalue weighted by Gasteiger charge is 2.19. The van der Waals surface area contributed by atoms with Crippen LogP contribution in [0.2, 0.25) is 5.02 Å². The Morgan fingerprint density at radius 1 is 1.32 bits per heavy atom. The van der Waals surface area contributed by atoms with Gasteiger partial charge in [0.25, 0.3) is 5.91 Å². The first-order valence-electron chi connectivity index (χ1n) is 7.22. The third-order valence-corrected chi connectivity index (χ3v) is 5.39. The lowest BCUT2D eigenvalue weighted by Gasteiger charge is -2.09. The van der Waals surface area contributed by atoms with Crippen molar-refractivity contribution in [1.82, 2.24) is 4.57 Å². The third-order valence-electron chi connectivity index (χ3n) is 3.57. The molecule has 1 amide bonds. The van der Waals surface area contributed by atoms with Crippen LogP contribution in [-0.2, 0) is 0 Å². The van der Waals surface area contributed by atoms with Gasteiger partial charge in [-0.2, -0.15) is 0 Å². The molecular weight excluding hydrogens is 381 g/mol. The van der Waals surface area contributed by atoms with Crippen LogP contribution in [0.25, 0.3) is 5.69 Å². The van der Waals surface area contributed by atoms with Crippen LogP contribution in [0.3, 0.4) is 0 Å². The van der Waals surface area contributed by atoms with Gasteiger partial charge in [0.15, 0.2) is 3.95 Å². The van der Waals surface area contributed by atoms with Crippen LogP contribution in [0.5, 0.6) is 0 Å². The van der Waals surface area contributed by atoms with Crippen molar-refractivity contribution in [2.45, 2.75) is 6.92 Å². The molecule has 0 radical (unpaired) electrons. The second-order valence-corrected chi connectivity index (χ2v) is 7.34. The number of amides is 1. The van der Waals surface area contributed by atoms with Crippen molar-refractivity contribution in [1.29, 1.82) is 0 Å². The lowest BCUT2D eigenvalue weighted by Crippen LogP contribution is -2.14. The summed E-state index contributed by atoms with van der Waals surface area (Å²) in [4.78, 5) is 12.7. The van der Waals surface area contributed by atoms with Crippen LogP contribution in [0.15, 0.2) is 42.5 Å². The fourth-order valence-corrected chi connectivity index (χ4v) is 3.68. The van der Waals surface area contributed by atoms with Crippen molar-refractivity contribution in [2.24, 2.45) is 0 Å². The smallest absolute Gasteiger partial charge is 0.269 e. The number of carbonyl (C=O) groups excluding carboxylic acids is 1. The fraction of sp³-hybridized carbons (Fsp3) is 0.0588. The van der Waals surface area contributed by atoms with E-state index in [0.29, 0.717) is 14.7 Å².